The Morgan fingerprint density at radius 3 is 3.08 bits per heavy atom. The third kappa shape index (κ3) is 4.08. The monoisotopic (exact) mass is 293 g/mol. The zero-order valence-electron chi connectivity index (χ0n) is 7.96. The van der Waals surface area contributed by atoms with Crippen molar-refractivity contribution in [2.24, 2.45) is 0 Å². The lowest BCUT2D eigenvalue weighted by Gasteiger charge is -1.99. The van der Waals surface area contributed by atoms with Gasteiger partial charge < -0.3 is 5.32 Å². The summed E-state index contributed by atoms with van der Waals surface area (Å²) in [5.74, 6) is 0. The predicted octanol–water partition coefficient (Wildman–Crippen LogP) is 1.82. The van der Waals surface area contributed by atoms with Gasteiger partial charge in [0.25, 0.3) is 0 Å². The molecule has 0 aliphatic rings. The van der Waals surface area contributed by atoms with Crippen molar-refractivity contribution in [1.82, 2.24) is 15.1 Å². The molecular formula is C9H16IN3. The predicted molar refractivity (Wildman–Crippen MR) is 63.1 cm³/mol. The number of rotatable bonds is 6. The highest BCUT2D eigenvalue weighted by Gasteiger charge is 1.95. The maximum atomic E-state index is 4.21. The molecule has 0 unspecified atom stereocenters. The first-order valence-electron chi connectivity index (χ1n) is 4.65. The Balaban J connectivity index is 2.20. The summed E-state index contributed by atoms with van der Waals surface area (Å²) in [5, 5.41) is 7.59. The standard InChI is InChI=1S/C9H16IN3/c1-2-13-8-9(7-12-13)6-11-5-3-4-10/h7-8,11H,2-6H2,1H3. The second kappa shape index (κ2) is 6.37. The van der Waals surface area contributed by atoms with Crippen molar-refractivity contribution >= 4 is 22.6 Å². The molecule has 1 rings (SSSR count). The first-order valence-corrected chi connectivity index (χ1v) is 6.17. The minimum absolute atomic E-state index is 0.941. The molecule has 0 amide bonds. The summed E-state index contributed by atoms with van der Waals surface area (Å²) in [6.45, 7) is 5.09. The molecule has 1 N–H and O–H groups in total. The average molecular weight is 293 g/mol. The molecule has 3 nitrogen and oxygen atoms in total. The normalized spacial score (nSPS) is 10.6. The average Bonchev–Trinajstić information content (AvgIpc) is 2.60. The second-order valence-electron chi connectivity index (χ2n) is 2.92. The number of aryl methyl sites for hydroxylation is 1. The third-order valence-corrected chi connectivity index (χ3v) is 2.59. The zero-order chi connectivity index (χ0) is 9.52. The van der Waals surface area contributed by atoms with E-state index in [0.717, 1.165) is 19.6 Å². The molecule has 0 saturated heterocycles. The van der Waals surface area contributed by atoms with Crippen molar-refractivity contribution in [3.05, 3.63) is 18.0 Å². The van der Waals surface area contributed by atoms with Gasteiger partial charge in [-0.1, -0.05) is 22.6 Å². The van der Waals surface area contributed by atoms with Crippen LogP contribution in [0.5, 0.6) is 0 Å². The van der Waals surface area contributed by atoms with Crippen LogP contribution in [0.2, 0.25) is 0 Å². The first-order chi connectivity index (χ1) is 6.36. The van der Waals surface area contributed by atoms with E-state index in [1.165, 1.54) is 16.4 Å². The Morgan fingerprint density at radius 1 is 1.62 bits per heavy atom. The molecule has 0 saturated carbocycles. The van der Waals surface area contributed by atoms with Gasteiger partial charge in [0, 0.05) is 29.3 Å². The molecule has 0 radical (unpaired) electrons. The van der Waals surface area contributed by atoms with Crippen LogP contribution in [-0.2, 0) is 13.1 Å². The minimum Gasteiger partial charge on any atom is -0.313 e. The SMILES string of the molecule is CCn1cc(CNCCCI)cn1. The Morgan fingerprint density at radius 2 is 2.46 bits per heavy atom. The van der Waals surface area contributed by atoms with E-state index >= 15 is 0 Å². The Labute approximate surface area is 93.0 Å². The number of nitrogens with one attached hydrogen (secondary N) is 1. The Bertz CT molecular complexity index is 235. The topological polar surface area (TPSA) is 29.9 Å². The molecule has 0 aliphatic carbocycles. The molecule has 74 valence electrons. The molecule has 13 heavy (non-hydrogen) atoms. The van der Waals surface area contributed by atoms with Gasteiger partial charge in [-0.2, -0.15) is 5.10 Å². The number of halogens is 1. The van der Waals surface area contributed by atoms with Gasteiger partial charge in [-0.3, -0.25) is 4.68 Å². The first kappa shape index (κ1) is 11.0. The van der Waals surface area contributed by atoms with Crippen molar-refractivity contribution in [2.75, 3.05) is 11.0 Å². The summed E-state index contributed by atoms with van der Waals surface area (Å²) in [6.07, 6.45) is 5.26. The lowest BCUT2D eigenvalue weighted by Crippen LogP contribution is -2.14. The summed E-state index contributed by atoms with van der Waals surface area (Å²) in [6, 6.07) is 0. The molecule has 0 bridgehead atoms. The largest absolute Gasteiger partial charge is 0.313 e. The van der Waals surface area contributed by atoms with Crippen LogP contribution in [-0.4, -0.2) is 20.8 Å². The van der Waals surface area contributed by atoms with Gasteiger partial charge in [-0.25, -0.2) is 0 Å². The Hall–Kier alpha value is -0.100. The van der Waals surface area contributed by atoms with Gasteiger partial charge in [0.15, 0.2) is 0 Å². The molecule has 0 aliphatic heterocycles. The molecule has 0 spiro atoms. The molecule has 4 heteroatoms. The molecule has 1 heterocycles. The summed E-state index contributed by atoms with van der Waals surface area (Å²) in [5.41, 5.74) is 1.27. The maximum absolute atomic E-state index is 4.21. The van der Waals surface area contributed by atoms with Crippen LogP contribution in [0.3, 0.4) is 0 Å². The van der Waals surface area contributed by atoms with Crippen molar-refractivity contribution in [3.63, 3.8) is 0 Å². The van der Waals surface area contributed by atoms with Crippen LogP contribution >= 0.6 is 22.6 Å². The van der Waals surface area contributed by atoms with Crippen LogP contribution in [0.15, 0.2) is 12.4 Å². The van der Waals surface area contributed by atoms with E-state index in [0.29, 0.717) is 0 Å². The molecule has 0 atom stereocenters. The smallest absolute Gasteiger partial charge is 0.0534 e. The molecule has 1 aromatic heterocycles. The highest BCUT2D eigenvalue weighted by Crippen LogP contribution is 1.96. The van der Waals surface area contributed by atoms with Gasteiger partial charge in [0.2, 0.25) is 0 Å². The zero-order valence-corrected chi connectivity index (χ0v) is 10.1. The van der Waals surface area contributed by atoms with Gasteiger partial charge >= 0.3 is 0 Å². The lowest BCUT2D eigenvalue weighted by molar-refractivity contribution is 0.654. The summed E-state index contributed by atoms with van der Waals surface area (Å²) < 4.78 is 3.17. The van der Waals surface area contributed by atoms with E-state index in [1.807, 2.05) is 10.9 Å². The quantitative estimate of drug-likeness (QED) is 0.492. The number of alkyl halides is 1. The van der Waals surface area contributed by atoms with Crippen LogP contribution in [0.1, 0.15) is 18.9 Å². The third-order valence-electron chi connectivity index (χ3n) is 1.83. The maximum Gasteiger partial charge on any atom is 0.0534 e. The highest BCUT2D eigenvalue weighted by atomic mass is 127. The van der Waals surface area contributed by atoms with Crippen LogP contribution in [0, 0.1) is 0 Å². The minimum atomic E-state index is 0.941. The van der Waals surface area contributed by atoms with Crippen molar-refractivity contribution in [2.45, 2.75) is 26.4 Å². The van der Waals surface area contributed by atoms with Crippen molar-refractivity contribution in [1.29, 1.82) is 0 Å². The van der Waals surface area contributed by atoms with Gasteiger partial charge in [-0.05, 0) is 19.9 Å². The van der Waals surface area contributed by atoms with Crippen molar-refractivity contribution in [3.8, 4) is 0 Å². The number of hydrogen-bond acceptors (Lipinski definition) is 2. The van der Waals surface area contributed by atoms with E-state index in [-0.39, 0.29) is 0 Å². The number of nitrogens with zero attached hydrogens (tertiary/aromatic N) is 2. The van der Waals surface area contributed by atoms with Gasteiger partial charge in [0.05, 0.1) is 6.20 Å². The lowest BCUT2D eigenvalue weighted by atomic mass is 10.3. The molecular weight excluding hydrogens is 277 g/mol. The number of aromatic nitrogens is 2. The van der Waals surface area contributed by atoms with Gasteiger partial charge in [-0.15, -0.1) is 0 Å². The second-order valence-corrected chi connectivity index (χ2v) is 4.00. The fraction of sp³-hybridized carbons (Fsp3) is 0.667. The van der Waals surface area contributed by atoms with Crippen LogP contribution < -0.4 is 5.32 Å². The van der Waals surface area contributed by atoms with Crippen LogP contribution in [0.25, 0.3) is 0 Å². The summed E-state index contributed by atoms with van der Waals surface area (Å²) >= 11 is 2.40. The van der Waals surface area contributed by atoms with E-state index in [2.05, 4.69) is 46.1 Å². The Kier molecular flexibility index (Phi) is 5.38. The van der Waals surface area contributed by atoms with Crippen LogP contribution in [0.4, 0.5) is 0 Å². The summed E-state index contributed by atoms with van der Waals surface area (Å²) in [7, 11) is 0. The number of hydrogen-bond donors (Lipinski definition) is 1. The fourth-order valence-corrected chi connectivity index (χ4v) is 1.48. The highest BCUT2D eigenvalue weighted by molar-refractivity contribution is 14.1. The molecule has 0 fully saturated rings. The summed E-state index contributed by atoms with van der Waals surface area (Å²) in [4.78, 5) is 0. The van der Waals surface area contributed by atoms with Crippen molar-refractivity contribution < 1.29 is 0 Å². The molecule has 0 aromatic carbocycles. The van der Waals surface area contributed by atoms with E-state index in [9.17, 15) is 0 Å². The fourth-order valence-electron chi connectivity index (χ4n) is 1.10. The van der Waals surface area contributed by atoms with E-state index in [1.54, 1.807) is 0 Å². The molecule has 1 aromatic rings. The van der Waals surface area contributed by atoms with E-state index in [4.69, 9.17) is 0 Å². The van der Waals surface area contributed by atoms with Gasteiger partial charge in [0.1, 0.15) is 0 Å². The van der Waals surface area contributed by atoms with E-state index < -0.39 is 0 Å².